The molecule has 0 saturated carbocycles. The van der Waals surface area contributed by atoms with Crippen LogP contribution in [0.15, 0.2) is 42.5 Å². The third kappa shape index (κ3) is 4.14. The predicted octanol–water partition coefficient (Wildman–Crippen LogP) is 2.97. The number of hydrogen-bond donors (Lipinski definition) is 2. The van der Waals surface area contributed by atoms with E-state index < -0.39 is 0 Å². The molecule has 2 aromatic rings. The van der Waals surface area contributed by atoms with Crippen molar-refractivity contribution >= 4 is 23.3 Å². The SMILES string of the molecule is COc1ccc(CCNC(=O)Nc2ccc3c(c2)N(C(C)=O)CC3)cc1. The Morgan fingerprint density at radius 2 is 1.92 bits per heavy atom. The zero-order valence-electron chi connectivity index (χ0n) is 15.0. The second kappa shape index (κ2) is 7.91. The minimum Gasteiger partial charge on any atom is -0.497 e. The van der Waals surface area contributed by atoms with Crippen LogP contribution in [0.1, 0.15) is 18.1 Å². The summed E-state index contributed by atoms with van der Waals surface area (Å²) in [4.78, 5) is 25.5. The van der Waals surface area contributed by atoms with Crippen LogP contribution in [0.3, 0.4) is 0 Å². The molecule has 0 unspecified atom stereocenters. The molecule has 136 valence electrons. The fourth-order valence-electron chi connectivity index (χ4n) is 3.07. The largest absolute Gasteiger partial charge is 0.497 e. The van der Waals surface area contributed by atoms with Gasteiger partial charge in [0.1, 0.15) is 5.75 Å². The van der Waals surface area contributed by atoms with E-state index in [1.807, 2.05) is 42.5 Å². The molecule has 0 fully saturated rings. The zero-order valence-corrected chi connectivity index (χ0v) is 15.0. The molecule has 0 spiro atoms. The van der Waals surface area contributed by atoms with Gasteiger partial charge in [0.15, 0.2) is 0 Å². The van der Waals surface area contributed by atoms with Crippen LogP contribution in [0, 0.1) is 0 Å². The minimum absolute atomic E-state index is 0.0184. The van der Waals surface area contributed by atoms with Crippen molar-refractivity contribution in [3.63, 3.8) is 0 Å². The number of amides is 3. The van der Waals surface area contributed by atoms with Crippen LogP contribution in [0.4, 0.5) is 16.2 Å². The molecule has 0 aliphatic carbocycles. The molecule has 0 saturated heterocycles. The molecule has 0 aromatic heterocycles. The smallest absolute Gasteiger partial charge is 0.319 e. The molecule has 6 nitrogen and oxygen atoms in total. The molecule has 1 aliphatic rings. The van der Waals surface area contributed by atoms with Gasteiger partial charge in [-0.25, -0.2) is 4.79 Å². The lowest BCUT2D eigenvalue weighted by Crippen LogP contribution is -2.30. The van der Waals surface area contributed by atoms with E-state index in [4.69, 9.17) is 4.74 Å². The van der Waals surface area contributed by atoms with Gasteiger partial charge in [-0.15, -0.1) is 0 Å². The summed E-state index contributed by atoms with van der Waals surface area (Å²) in [5, 5.41) is 5.68. The Morgan fingerprint density at radius 1 is 1.15 bits per heavy atom. The van der Waals surface area contributed by atoms with Crippen molar-refractivity contribution in [3.8, 4) is 5.75 Å². The van der Waals surface area contributed by atoms with Gasteiger partial charge in [-0.2, -0.15) is 0 Å². The van der Waals surface area contributed by atoms with Gasteiger partial charge in [0.2, 0.25) is 5.91 Å². The number of benzene rings is 2. The van der Waals surface area contributed by atoms with Gasteiger partial charge in [-0.3, -0.25) is 4.79 Å². The van der Waals surface area contributed by atoms with Gasteiger partial charge < -0.3 is 20.3 Å². The quantitative estimate of drug-likeness (QED) is 0.868. The first kappa shape index (κ1) is 17.8. The van der Waals surface area contributed by atoms with Crippen molar-refractivity contribution in [1.82, 2.24) is 5.32 Å². The van der Waals surface area contributed by atoms with E-state index in [1.54, 1.807) is 18.9 Å². The molecule has 0 bridgehead atoms. The summed E-state index contributed by atoms with van der Waals surface area (Å²) in [6, 6.07) is 13.2. The normalized spacial score (nSPS) is 12.5. The molecule has 0 radical (unpaired) electrons. The maximum absolute atomic E-state index is 12.1. The van der Waals surface area contributed by atoms with Crippen molar-refractivity contribution < 1.29 is 14.3 Å². The monoisotopic (exact) mass is 353 g/mol. The van der Waals surface area contributed by atoms with E-state index >= 15 is 0 Å². The van der Waals surface area contributed by atoms with Crippen LogP contribution < -0.4 is 20.3 Å². The van der Waals surface area contributed by atoms with E-state index in [2.05, 4.69) is 10.6 Å². The van der Waals surface area contributed by atoms with Crippen LogP contribution in [0.5, 0.6) is 5.75 Å². The lowest BCUT2D eigenvalue weighted by molar-refractivity contribution is -0.116. The van der Waals surface area contributed by atoms with Crippen LogP contribution in [-0.2, 0) is 17.6 Å². The Morgan fingerprint density at radius 3 is 2.62 bits per heavy atom. The van der Waals surface area contributed by atoms with E-state index in [-0.39, 0.29) is 11.9 Å². The van der Waals surface area contributed by atoms with E-state index in [1.165, 1.54) is 0 Å². The number of carbonyl (C=O) groups is 2. The lowest BCUT2D eigenvalue weighted by Gasteiger charge is -2.16. The summed E-state index contributed by atoms with van der Waals surface area (Å²) in [7, 11) is 1.63. The molecule has 2 aromatic carbocycles. The summed E-state index contributed by atoms with van der Waals surface area (Å²) >= 11 is 0. The highest BCUT2D eigenvalue weighted by Gasteiger charge is 2.22. The first-order valence-corrected chi connectivity index (χ1v) is 8.65. The molecule has 3 amide bonds. The average Bonchev–Trinajstić information content (AvgIpc) is 3.06. The molecule has 1 heterocycles. The topological polar surface area (TPSA) is 70.7 Å². The van der Waals surface area contributed by atoms with Crippen LogP contribution >= 0.6 is 0 Å². The maximum Gasteiger partial charge on any atom is 0.319 e. The molecular weight excluding hydrogens is 330 g/mol. The number of anilines is 2. The van der Waals surface area contributed by atoms with Crippen LogP contribution in [-0.4, -0.2) is 32.1 Å². The number of fused-ring (bicyclic) bond motifs is 1. The van der Waals surface area contributed by atoms with Gasteiger partial charge in [-0.05, 0) is 48.2 Å². The Hall–Kier alpha value is -3.02. The number of ether oxygens (including phenoxy) is 1. The Labute approximate surface area is 153 Å². The standard InChI is InChI=1S/C20H23N3O3/c1-14(24)23-12-10-16-5-6-17(13-19(16)23)22-20(25)21-11-9-15-3-7-18(26-2)8-4-15/h3-8,13H,9-12H2,1-2H3,(H2,21,22,25). The van der Waals surface area contributed by atoms with Crippen molar-refractivity contribution in [3.05, 3.63) is 53.6 Å². The number of urea groups is 1. The minimum atomic E-state index is -0.258. The molecule has 6 heteroatoms. The second-order valence-corrected chi connectivity index (χ2v) is 6.24. The van der Waals surface area contributed by atoms with Crippen molar-refractivity contribution in [2.45, 2.75) is 19.8 Å². The second-order valence-electron chi connectivity index (χ2n) is 6.24. The molecule has 26 heavy (non-hydrogen) atoms. The summed E-state index contributed by atoms with van der Waals surface area (Å²) in [5.41, 5.74) is 3.82. The van der Waals surface area contributed by atoms with Gasteiger partial charge in [0, 0.05) is 31.4 Å². The van der Waals surface area contributed by atoms with Gasteiger partial charge in [-0.1, -0.05) is 18.2 Å². The van der Waals surface area contributed by atoms with E-state index in [0.29, 0.717) is 18.8 Å². The fourth-order valence-corrected chi connectivity index (χ4v) is 3.07. The highest BCUT2D eigenvalue weighted by atomic mass is 16.5. The summed E-state index contributed by atoms with van der Waals surface area (Å²) in [6.07, 6.45) is 1.59. The molecule has 3 rings (SSSR count). The van der Waals surface area contributed by atoms with E-state index in [9.17, 15) is 9.59 Å². The maximum atomic E-state index is 12.1. The van der Waals surface area contributed by atoms with Gasteiger partial charge >= 0.3 is 6.03 Å². The van der Waals surface area contributed by atoms with Crippen molar-refractivity contribution in [2.75, 3.05) is 30.4 Å². The number of rotatable bonds is 5. The highest BCUT2D eigenvalue weighted by molar-refractivity contribution is 5.96. The molecular formula is C20H23N3O3. The average molecular weight is 353 g/mol. The predicted molar refractivity (Wildman–Crippen MR) is 102 cm³/mol. The number of nitrogens with zero attached hydrogens (tertiary/aromatic N) is 1. The highest BCUT2D eigenvalue weighted by Crippen LogP contribution is 2.30. The summed E-state index contributed by atoms with van der Waals surface area (Å²) in [6.45, 7) is 2.78. The Bertz CT molecular complexity index is 802. The summed E-state index contributed by atoms with van der Waals surface area (Å²) < 4.78 is 5.13. The molecule has 1 aliphatic heterocycles. The first-order valence-electron chi connectivity index (χ1n) is 8.65. The summed E-state index contributed by atoms with van der Waals surface area (Å²) in [5.74, 6) is 0.834. The number of methoxy groups -OCH3 is 1. The Balaban J connectivity index is 1.52. The number of hydrogen-bond acceptors (Lipinski definition) is 3. The lowest BCUT2D eigenvalue weighted by atomic mass is 10.1. The fraction of sp³-hybridized carbons (Fsp3) is 0.300. The van der Waals surface area contributed by atoms with Gasteiger partial charge in [0.05, 0.1) is 7.11 Å². The number of nitrogens with one attached hydrogen (secondary N) is 2. The first-order chi connectivity index (χ1) is 12.6. The third-order valence-electron chi connectivity index (χ3n) is 4.48. The van der Waals surface area contributed by atoms with Crippen molar-refractivity contribution in [1.29, 1.82) is 0 Å². The van der Waals surface area contributed by atoms with E-state index in [0.717, 1.165) is 35.4 Å². The molecule has 0 atom stereocenters. The zero-order chi connectivity index (χ0) is 18.5. The van der Waals surface area contributed by atoms with Gasteiger partial charge in [0.25, 0.3) is 0 Å². The van der Waals surface area contributed by atoms with Crippen LogP contribution in [0.25, 0.3) is 0 Å². The van der Waals surface area contributed by atoms with Crippen LogP contribution in [0.2, 0.25) is 0 Å². The Kier molecular flexibility index (Phi) is 5.41. The van der Waals surface area contributed by atoms with Crippen molar-refractivity contribution in [2.24, 2.45) is 0 Å². The third-order valence-corrected chi connectivity index (χ3v) is 4.48. The number of carbonyl (C=O) groups excluding carboxylic acids is 2. The molecule has 2 N–H and O–H groups in total.